The molecule has 1 aliphatic heterocycles. The van der Waals surface area contributed by atoms with Crippen LogP contribution in [0.15, 0.2) is 60.7 Å². The number of hydrogen-bond acceptors (Lipinski definition) is 6. The molecule has 3 aromatic carbocycles. The molecule has 0 spiro atoms. The standard InChI is InChI=1S/C31H37N3O5/c1-5-37-29(35)27(17-20-6-7-21-8-9-23(28(32)33)18-24(21)16-20)22-10-12-25(13-11-22)38-26-14-15-34(19-26)30(36)39-31(2,3)4/h6-13,16,18,26-27H,5,14-15,17,19H2,1-4H3,(H3,32,33)/t26-,27-/m0/s1. The number of nitrogen functional groups attached to an aromatic ring is 1. The molecule has 206 valence electrons. The molecule has 3 aromatic rings. The third kappa shape index (κ3) is 7.28. The number of nitrogens with one attached hydrogen (secondary N) is 1. The number of amides is 1. The summed E-state index contributed by atoms with van der Waals surface area (Å²) in [4.78, 5) is 27.0. The first-order valence-electron chi connectivity index (χ1n) is 13.3. The van der Waals surface area contributed by atoms with Crippen molar-refractivity contribution < 1.29 is 23.8 Å². The third-order valence-corrected chi connectivity index (χ3v) is 6.61. The van der Waals surface area contributed by atoms with E-state index in [9.17, 15) is 9.59 Å². The highest BCUT2D eigenvalue weighted by Gasteiger charge is 2.31. The van der Waals surface area contributed by atoms with Crippen LogP contribution in [0.25, 0.3) is 10.8 Å². The average Bonchev–Trinajstić information content (AvgIpc) is 3.35. The Labute approximate surface area is 229 Å². The van der Waals surface area contributed by atoms with Crippen LogP contribution in [0.3, 0.4) is 0 Å². The summed E-state index contributed by atoms with van der Waals surface area (Å²) in [6, 6.07) is 19.2. The van der Waals surface area contributed by atoms with Gasteiger partial charge in [-0.3, -0.25) is 10.2 Å². The molecule has 2 atom stereocenters. The maximum absolute atomic E-state index is 13.0. The van der Waals surface area contributed by atoms with Crippen LogP contribution in [-0.4, -0.2) is 54.2 Å². The number of carbonyl (C=O) groups excluding carboxylic acids is 2. The highest BCUT2D eigenvalue weighted by Crippen LogP contribution is 2.28. The molecular weight excluding hydrogens is 494 g/mol. The lowest BCUT2D eigenvalue weighted by atomic mass is 9.91. The van der Waals surface area contributed by atoms with Gasteiger partial charge >= 0.3 is 12.1 Å². The Bertz CT molecular complexity index is 1350. The highest BCUT2D eigenvalue weighted by atomic mass is 16.6. The molecule has 0 bridgehead atoms. The van der Waals surface area contributed by atoms with E-state index in [-0.39, 0.29) is 24.0 Å². The molecule has 1 saturated heterocycles. The van der Waals surface area contributed by atoms with Gasteiger partial charge in [-0.2, -0.15) is 0 Å². The lowest BCUT2D eigenvalue weighted by Crippen LogP contribution is -2.36. The second-order valence-electron chi connectivity index (χ2n) is 10.8. The van der Waals surface area contributed by atoms with Crippen LogP contribution in [0, 0.1) is 5.41 Å². The van der Waals surface area contributed by atoms with Crippen LogP contribution in [0.1, 0.15) is 56.7 Å². The molecule has 39 heavy (non-hydrogen) atoms. The molecular formula is C31H37N3O5. The predicted octanol–water partition coefficient (Wildman–Crippen LogP) is 5.40. The Balaban J connectivity index is 1.46. The fraction of sp³-hybridized carbons (Fsp3) is 0.387. The number of hydrogen-bond donors (Lipinski definition) is 2. The summed E-state index contributed by atoms with van der Waals surface area (Å²) in [7, 11) is 0. The van der Waals surface area contributed by atoms with Crippen molar-refractivity contribution in [2.24, 2.45) is 5.73 Å². The first-order chi connectivity index (χ1) is 18.5. The van der Waals surface area contributed by atoms with Gasteiger partial charge in [-0.25, -0.2) is 4.79 Å². The van der Waals surface area contributed by atoms with Gasteiger partial charge in [-0.05, 0) is 74.2 Å². The van der Waals surface area contributed by atoms with E-state index < -0.39 is 11.5 Å². The van der Waals surface area contributed by atoms with E-state index in [0.717, 1.165) is 28.3 Å². The molecule has 0 radical (unpaired) electrons. The highest BCUT2D eigenvalue weighted by molar-refractivity contribution is 5.99. The number of fused-ring (bicyclic) bond motifs is 1. The topological polar surface area (TPSA) is 115 Å². The van der Waals surface area contributed by atoms with E-state index in [4.69, 9.17) is 25.4 Å². The fourth-order valence-electron chi connectivity index (χ4n) is 4.69. The van der Waals surface area contributed by atoms with Crippen LogP contribution in [0.5, 0.6) is 5.75 Å². The van der Waals surface area contributed by atoms with Crippen molar-refractivity contribution in [3.63, 3.8) is 0 Å². The van der Waals surface area contributed by atoms with Crippen LogP contribution < -0.4 is 10.5 Å². The zero-order valence-corrected chi connectivity index (χ0v) is 23.0. The normalized spacial score (nSPS) is 16.1. The van der Waals surface area contributed by atoms with Crippen molar-refractivity contribution in [1.29, 1.82) is 5.41 Å². The molecule has 0 unspecified atom stereocenters. The molecule has 1 amide bonds. The minimum atomic E-state index is -0.536. The van der Waals surface area contributed by atoms with Gasteiger partial charge in [0, 0.05) is 18.5 Å². The van der Waals surface area contributed by atoms with Gasteiger partial charge in [0.2, 0.25) is 0 Å². The summed E-state index contributed by atoms with van der Waals surface area (Å²) >= 11 is 0. The molecule has 8 nitrogen and oxygen atoms in total. The van der Waals surface area contributed by atoms with E-state index in [1.165, 1.54) is 0 Å². The molecule has 0 aliphatic carbocycles. The summed E-state index contributed by atoms with van der Waals surface area (Å²) in [6.45, 7) is 8.70. The average molecular weight is 532 g/mol. The van der Waals surface area contributed by atoms with Crippen LogP contribution >= 0.6 is 0 Å². The summed E-state index contributed by atoms with van der Waals surface area (Å²) in [6.07, 6.45) is 0.737. The number of amidine groups is 1. The Morgan fingerprint density at radius 1 is 1.05 bits per heavy atom. The number of rotatable bonds is 8. The molecule has 1 fully saturated rings. The lowest BCUT2D eigenvalue weighted by molar-refractivity contribution is -0.144. The summed E-state index contributed by atoms with van der Waals surface area (Å²) in [5.41, 5.74) is 7.61. The molecule has 3 N–H and O–H groups in total. The lowest BCUT2D eigenvalue weighted by Gasteiger charge is -2.24. The Morgan fingerprint density at radius 2 is 1.77 bits per heavy atom. The third-order valence-electron chi connectivity index (χ3n) is 6.61. The van der Waals surface area contributed by atoms with Crippen LogP contribution in [-0.2, 0) is 20.7 Å². The van der Waals surface area contributed by atoms with Crippen molar-refractivity contribution in [1.82, 2.24) is 4.90 Å². The quantitative estimate of drug-likeness (QED) is 0.228. The number of esters is 1. The smallest absolute Gasteiger partial charge is 0.410 e. The monoisotopic (exact) mass is 531 g/mol. The molecule has 4 rings (SSSR count). The minimum absolute atomic E-state index is 0.0177. The number of nitrogens with zero attached hydrogens (tertiary/aromatic N) is 1. The predicted molar refractivity (Wildman–Crippen MR) is 151 cm³/mol. The molecule has 1 aliphatic rings. The molecule has 8 heteroatoms. The van der Waals surface area contributed by atoms with Crippen molar-refractivity contribution >= 4 is 28.7 Å². The largest absolute Gasteiger partial charge is 0.489 e. The summed E-state index contributed by atoms with van der Waals surface area (Å²) < 4.78 is 17.0. The SMILES string of the molecule is CCOC(=O)[C@@H](Cc1ccc2ccc(C(=N)N)cc2c1)c1ccc(O[C@H]2CCN(C(=O)OC(C)(C)C)C2)cc1. The van der Waals surface area contributed by atoms with E-state index in [2.05, 4.69) is 0 Å². The van der Waals surface area contributed by atoms with Crippen molar-refractivity contribution in [3.05, 3.63) is 77.4 Å². The number of likely N-dealkylation sites (tertiary alicyclic amines) is 1. The number of ether oxygens (including phenoxy) is 3. The number of nitrogens with two attached hydrogens (primary N) is 1. The molecule has 0 aromatic heterocycles. The maximum atomic E-state index is 13.0. The zero-order valence-electron chi connectivity index (χ0n) is 23.0. The maximum Gasteiger partial charge on any atom is 0.410 e. The second kappa shape index (κ2) is 11.8. The van der Waals surface area contributed by atoms with E-state index in [1.54, 1.807) is 11.8 Å². The minimum Gasteiger partial charge on any atom is -0.489 e. The van der Waals surface area contributed by atoms with Gasteiger partial charge in [0.1, 0.15) is 23.3 Å². The first-order valence-corrected chi connectivity index (χ1v) is 13.3. The van der Waals surface area contributed by atoms with E-state index in [0.29, 0.717) is 37.4 Å². The summed E-state index contributed by atoms with van der Waals surface area (Å²) in [5, 5.41) is 9.72. The Morgan fingerprint density at radius 3 is 2.44 bits per heavy atom. The Hall–Kier alpha value is -4.07. The second-order valence-corrected chi connectivity index (χ2v) is 10.8. The van der Waals surface area contributed by atoms with Crippen molar-refractivity contribution in [2.75, 3.05) is 19.7 Å². The first kappa shape index (κ1) is 28.0. The number of benzene rings is 3. The number of carbonyl (C=O) groups is 2. The fourth-order valence-corrected chi connectivity index (χ4v) is 4.69. The van der Waals surface area contributed by atoms with Gasteiger partial charge < -0.3 is 24.8 Å². The van der Waals surface area contributed by atoms with Gasteiger partial charge in [0.15, 0.2) is 0 Å². The van der Waals surface area contributed by atoms with Crippen molar-refractivity contribution in [2.45, 2.75) is 58.2 Å². The van der Waals surface area contributed by atoms with E-state index in [1.807, 2.05) is 81.4 Å². The van der Waals surface area contributed by atoms with Crippen LogP contribution in [0.2, 0.25) is 0 Å². The zero-order chi connectivity index (χ0) is 28.2. The van der Waals surface area contributed by atoms with Gasteiger partial charge in [0.25, 0.3) is 0 Å². The van der Waals surface area contributed by atoms with Crippen molar-refractivity contribution in [3.8, 4) is 5.75 Å². The molecule has 0 saturated carbocycles. The van der Waals surface area contributed by atoms with Crippen LogP contribution in [0.4, 0.5) is 4.79 Å². The summed E-state index contributed by atoms with van der Waals surface area (Å²) in [5.74, 6) is -0.0712. The van der Waals surface area contributed by atoms with Gasteiger partial charge in [0.05, 0.1) is 19.1 Å². The Kier molecular flexibility index (Phi) is 8.43. The molecule has 1 heterocycles. The van der Waals surface area contributed by atoms with Gasteiger partial charge in [-0.15, -0.1) is 0 Å². The van der Waals surface area contributed by atoms with E-state index >= 15 is 0 Å². The van der Waals surface area contributed by atoms with Gasteiger partial charge in [-0.1, -0.05) is 42.5 Å².